The van der Waals surface area contributed by atoms with Gasteiger partial charge in [0.2, 0.25) is 0 Å². The van der Waals surface area contributed by atoms with E-state index in [1.54, 1.807) is 0 Å². The normalized spacial score (nSPS) is 23.2. The predicted octanol–water partition coefficient (Wildman–Crippen LogP) is 1.50. The van der Waals surface area contributed by atoms with Gasteiger partial charge in [0, 0.05) is 19.1 Å². The van der Waals surface area contributed by atoms with Crippen LogP contribution in [0.3, 0.4) is 0 Å². The Labute approximate surface area is 75.9 Å². The van der Waals surface area contributed by atoms with Crippen LogP contribution >= 0.6 is 0 Å². The first kappa shape index (κ1) is 10.0. The highest BCUT2D eigenvalue weighted by molar-refractivity contribution is 4.88. The lowest BCUT2D eigenvalue weighted by Gasteiger charge is -2.41. The summed E-state index contributed by atoms with van der Waals surface area (Å²) in [5.41, 5.74) is 6.29. The smallest absolute Gasteiger partial charge is 0.0136 e. The van der Waals surface area contributed by atoms with Crippen LogP contribution in [-0.4, -0.2) is 19.1 Å². The van der Waals surface area contributed by atoms with Gasteiger partial charge in [-0.1, -0.05) is 13.3 Å². The summed E-state index contributed by atoms with van der Waals surface area (Å²) < 4.78 is 0. The molecule has 2 heteroatoms. The maximum atomic E-state index is 5.66. The van der Waals surface area contributed by atoms with Gasteiger partial charge in [0.05, 0.1) is 0 Å². The molecule has 0 aromatic rings. The molecule has 1 unspecified atom stereocenters. The molecule has 1 saturated carbocycles. The standard InChI is InChI=1S/C10H22N2/c1-3-10(5-4-6-10)8-12-7-9(2)11/h9,12H,3-8,11H2,1-2H3. The summed E-state index contributed by atoms with van der Waals surface area (Å²) in [5.74, 6) is 0. The fourth-order valence-electron chi connectivity index (χ4n) is 1.90. The minimum absolute atomic E-state index is 0.291. The second kappa shape index (κ2) is 4.24. The zero-order chi connectivity index (χ0) is 9.03. The third-order valence-corrected chi connectivity index (χ3v) is 3.13. The summed E-state index contributed by atoms with van der Waals surface area (Å²) in [4.78, 5) is 0. The van der Waals surface area contributed by atoms with E-state index < -0.39 is 0 Å². The Morgan fingerprint density at radius 2 is 2.17 bits per heavy atom. The van der Waals surface area contributed by atoms with Crippen molar-refractivity contribution in [1.82, 2.24) is 5.32 Å². The Morgan fingerprint density at radius 1 is 1.50 bits per heavy atom. The van der Waals surface area contributed by atoms with Crippen molar-refractivity contribution in [1.29, 1.82) is 0 Å². The lowest BCUT2D eigenvalue weighted by Crippen LogP contribution is -2.42. The van der Waals surface area contributed by atoms with Gasteiger partial charge in [0.1, 0.15) is 0 Å². The van der Waals surface area contributed by atoms with E-state index in [4.69, 9.17) is 5.73 Å². The van der Waals surface area contributed by atoms with Crippen LogP contribution in [0.4, 0.5) is 0 Å². The van der Waals surface area contributed by atoms with Crippen molar-refractivity contribution in [3.05, 3.63) is 0 Å². The molecule has 0 heterocycles. The van der Waals surface area contributed by atoms with Gasteiger partial charge in [-0.15, -0.1) is 0 Å². The highest BCUT2D eigenvalue weighted by Gasteiger charge is 2.34. The molecule has 1 aliphatic carbocycles. The molecule has 72 valence electrons. The molecule has 1 aliphatic rings. The van der Waals surface area contributed by atoms with Crippen molar-refractivity contribution >= 4 is 0 Å². The molecule has 0 aromatic heterocycles. The van der Waals surface area contributed by atoms with Gasteiger partial charge < -0.3 is 11.1 Å². The van der Waals surface area contributed by atoms with Gasteiger partial charge in [-0.3, -0.25) is 0 Å². The van der Waals surface area contributed by atoms with E-state index in [0.29, 0.717) is 11.5 Å². The minimum atomic E-state index is 0.291. The fraction of sp³-hybridized carbons (Fsp3) is 1.00. The van der Waals surface area contributed by atoms with E-state index >= 15 is 0 Å². The SMILES string of the molecule is CCC1(CNCC(C)N)CCC1. The molecule has 0 bridgehead atoms. The molecule has 1 rings (SSSR count). The van der Waals surface area contributed by atoms with Gasteiger partial charge in [-0.2, -0.15) is 0 Å². The topological polar surface area (TPSA) is 38.0 Å². The van der Waals surface area contributed by atoms with Crippen LogP contribution in [0.15, 0.2) is 0 Å². The Balaban J connectivity index is 2.12. The van der Waals surface area contributed by atoms with E-state index in [1.807, 2.05) is 6.92 Å². The van der Waals surface area contributed by atoms with Crippen molar-refractivity contribution in [2.75, 3.05) is 13.1 Å². The lowest BCUT2D eigenvalue weighted by molar-refractivity contribution is 0.124. The molecule has 0 amide bonds. The predicted molar refractivity (Wildman–Crippen MR) is 53.1 cm³/mol. The van der Waals surface area contributed by atoms with Gasteiger partial charge in [-0.05, 0) is 31.6 Å². The van der Waals surface area contributed by atoms with Crippen LogP contribution in [-0.2, 0) is 0 Å². The number of nitrogens with two attached hydrogens (primary N) is 1. The van der Waals surface area contributed by atoms with E-state index in [-0.39, 0.29) is 0 Å². The number of rotatable bonds is 5. The number of hydrogen-bond donors (Lipinski definition) is 2. The van der Waals surface area contributed by atoms with Gasteiger partial charge in [0.15, 0.2) is 0 Å². The summed E-state index contributed by atoms with van der Waals surface area (Å²) in [7, 11) is 0. The highest BCUT2D eigenvalue weighted by Crippen LogP contribution is 2.42. The largest absolute Gasteiger partial charge is 0.327 e. The van der Waals surface area contributed by atoms with E-state index in [1.165, 1.54) is 32.2 Å². The molecular weight excluding hydrogens is 148 g/mol. The molecule has 0 aliphatic heterocycles. The van der Waals surface area contributed by atoms with Crippen molar-refractivity contribution in [3.63, 3.8) is 0 Å². The second-order valence-corrected chi connectivity index (χ2v) is 4.32. The molecule has 1 atom stereocenters. The average molecular weight is 170 g/mol. The van der Waals surface area contributed by atoms with Gasteiger partial charge in [-0.25, -0.2) is 0 Å². The first-order chi connectivity index (χ1) is 5.68. The van der Waals surface area contributed by atoms with Crippen LogP contribution in [0.25, 0.3) is 0 Å². The third kappa shape index (κ3) is 2.46. The van der Waals surface area contributed by atoms with Gasteiger partial charge >= 0.3 is 0 Å². The quantitative estimate of drug-likeness (QED) is 0.656. The maximum absolute atomic E-state index is 5.66. The van der Waals surface area contributed by atoms with Crippen LogP contribution in [0.5, 0.6) is 0 Å². The highest BCUT2D eigenvalue weighted by atomic mass is 14.9. The zero-order valence-electron chi connectivity index (χ0n) is 8.40. The molecule has 0 spiro atoms. The summed E-state index contributed by atoms with van der Waals surface area (Å²) in [5, 5.41) is 3.45. The lowest BCUT2D eigenvalue weighted by atomic mass is 9.67. The maximum Gasteiger partial charge on any atom is 0.0136 e. The Hall–Kier alpha value is -0.0800. The monoisotopic (exact) mass is 170 g/mol. The molecule has 0 radical (unpaired) electrons. The Morgan fingerprint density at radius 3 is 2.50 bits per heavy atom. The van der Waals surface area contributed by atoms with Crippen molar-refractivity contribution in [3.8, 4) is 0 Å². The second-order valence-electron chi connectivity index (χ2n) is 4.32. The van der Waals surface area contributed by atoms with E-state index in [0.717, 1.165) is 6.54 Å². The van der Waals surface area contributed by atoms with Crippen molar-refractivity contribution in [2.24, 2.45) is 11.1 Å². The summed E-state index contributed by atoms with van der Waals surface area (Å²) in [6.45, 7) is 6.48. The first-order valence-corrected chi connectivity index (χ1v) is 5.15. The molecule has 3 N–H and O–H groups in total. The van der Waals surface area contributed by atoms with Crippen molar-refractivity contribution < 1.29 is 0 Å². The van der Waals surface area contributed by atoms with Crippen LogP contribution in [0.2, 0.25) is 0 Å². The number of nitrogens with one attached hydrogen (secondary N) is 1. The van der Waals surface area contributed by atoms with Crippen LogP contribution in [0, 0.1) is 5.41 Å². The third-order valence-electron chi connectivity index (χ3n) is 3.13. The van der Waals surface area contributed by atoms with E-state index in [9.17, 15) is 0 Å². The van der Waals surface area contributed by atoms with E-state index in [2.05, 4.69) is 12.2 Å². The summed E-state index contributed by atoms with van der Waals surface area (Å²) in [6, 6.07) is 0.291. The molecule has 1 fully saturated rings. The molecule has 0 saturated heterocycles. The molecule has 12 heavy (non-hydrogen) atoms. The fourth-order valence-corrected chi connectivity index (χ4v) is 1.90. The summed E-state index contributed by atoms with van der Waals surface area (Å²) in [6.07, 6.45) is 5.57. The van der Waals surface area contributed by atoms with Crippen LogP contribution in [0.1, 0.15) is 39.5 Å². The number of hydrogen-bond acceptors (Lipinski definition) is 2. The Bertz CT molecular complexity index is 122. The molecular formula is C10H22N2. The van der Waals surface area contributed by atoms with Crippen LogP contribution < -0.4 is 11.1 Å². The Kier molecular flexibility index (Phi) is 3.53. The van der Waals surface area contributed by atoms with Gasteiger partial charge in [0.25, 0.3) is 0 Å². The zero-order valence-corrected chi connectivity index (χ0v) is 8.40. The summed E-state index contributed by atoms with van der Waals surface area (Å²) >= 11 is 0. The minimum Gasteiger partial charge on any atom is -0.327 e. The molecule has 0 aromatic carbocycles. The average Bonchev–Trinajstić information content (AvgIpc) is 1.94. The molecule has 2 nitrogen and oxygen atoms in total. The first-order valence-electron chi connectivity index (χ1n) is 5.15. The van der Waals surface area contributed by atoms with Crippen molar-refractivity contribution in [2.45, 2.75) is 45.6 Å².